The molecule has 0 radical (unpaired) electrons. The number of methoxy groups -OCH3 is 1. The van der Waals surface area contributed by atoms with Gasteiger partial charge in [-0.3, -0.25) is 0 Å². The first-order valence-electron chi connectivity index (χ1n) is 7.54. The third-order valence-electron chi connectivity index (χ3n) is 3.71. The summed E-state index contributed by atoms with van der Waals surface area (Å²) >= 11 is 0. The molecule has 3 rings (SSSR count). The number of hydrogen-bond donors (Lipinski definition) is 0. The van der Waals surface area contributed by atoms with Gasteiger partial charge in [0.1, 0.15) is 24.9 Å². The van der Waals surface area contributed by atoms with Crippen LogP contribution in [0.5, 0.6) is 5.75 Å². The average molecular weight is 326 g/mol. The van der Waals surface area contributed by atoms with Gasteiger partial charge >= 0.3 is 5.97 Å². The molecule has 124 valence electrons. The van der Waals surface area contributed by atoms with Crippen molar-refractivity contribution in [2.45, 2.75) is 19.8 Å². The van der Waals surface area contributed by atoms with Gasteiger partial charge in [-0.15, -0.1) is 0 Å². The van der Waals surface area contributed by atoms with Crippen LogP contribution in [-0.2, 0) is 20.8 Å². The van der Waals surface area contributed by atoms with E-state index in [2.05, 4.69) is 0 Å². The molecule has 1 heterocycles. The lowest BCUT2D eigenvalue weighted by molar-refractivity contribution is -0.0266. The molecule has 0 aliphatic carbocycles. The fourth-order valence-corrected chi connectivity index (χ4v) is 2.46. The van der Waals surface area contributed by atoms with Crippen molar-refractivity contribution in [3.05, 3.63) is 77.2 Å². The normalized spacial score (nSPS) is 13.2. The summed E-state index contributed by atoms with van der Waals surface area (Å²) in [5.41, 5.74) is 2.91. The molecule has 0 saturated carbocycles. The van der Waals surface area contributed by atoms with Crippen molar-refractivity contribution in [2.75, 3.05) is 7.11 Å². The monoisotopic (exact) mass is 326 g/mol. The molecular formula is C19H18O5. The molecule has 0 bridgehead atoms. The maximum atomic E-state index is 11.9. The molecule has 0 spiro atoms. The molecule has 5 heteroatoms. The Labute approximate surface area is 140 Å². The van der Waals surface area contributed by atoms with Crippen molar-refractivity contribution < 1.29 is 23.7 Å². The number of esters is 1. The third kappa shape index (κ3) is 3.35. The summed E-state index contributed by atoms with van der Waals surface area (Å²) in [6, 6.07) is 13.3. The van der Waals surface area contributed by atoms with Crippen LogP contribution in [0, 0.1) is 6.92 Å². The molecule has 2 aromatic rings. The summed E-state index contributed by atoms with van der Waals surface area (Å²) in [4.78, 5) is 11.9. The molecule has 0 fully saturated rings. The number of carbonyl (C=O) groups is 1. The lowest BCUT2D eigenvalue weighted by Crippen LogP contribution is -2.09. The molecule has 0 saturated heterocycles. The predicted molar refractivity (Wildman–Crippen MR) is 87.3 cm³/mol. The highest BCUT2D eigenvalue weighted by Gasteiger charge is 2.24. The molecule has 24 heavy (non-hydrogen) atoms. The van der Waals surface area contributed by atoms with Crippen molar-refractivity contribution in [3.8, 4) is 5.75 Å². The Morgan fingerprint density at radius 3 is 2.50 bits per heavy atom. The van der Waals surface area contributed by atoms with Gasteiger partial charge in [0.05, 0.1) is 18.2 Å². The molecule has 5 nitrogen and oxygen atoms in total. The van der Waals surface area contributed by atoms with Gasteiger partial charge in [-0.05, 0) is 30.2 Å². The molecule has 1 aliphatic rings. The highest BCUT2D eigenvalue weighted by molar-refractivity contribution is 5.91. The summed E-state index contributed by atoms with van der Waals surface area (Å²) in [5, 5.41) is 0. The fourth-order valence-electron chi connectivity index (χ4n) is 2.46. The van der Waals surface area contributed by atoms with E-state index < -0.39 is 12.3 Å². The topological polar surface area (TPSA) is 54.0 Å². The van der Waals surface area contributed by atoms with E-state index in [4.69, 9.17) is 18.9 Å². The lowest BCUT2D eigenvalue weighted by Gasteiger charge is -2.18. The standard InChI is InChI=1S/C19H18O5/c1-13-10-17(24-12-14-6-4-3-5-7-14)16(19-22-8-9-23-19)11-15(13)18(20)21-2/h3-11,19H,12H2,1-2H3. The molecule has 0 aromatic heterocycles. The van der Waals surface area contributed by atoms with Crippen LogP contribution in [0.1, 0.15) is 33.3 Å². The largest absolute Gasteiger partial charge is 0.488 e. The zero-order valence-electron chi connectivity index (χ0n) is 13.5. The SMILES string of the molecule is COC(=O)c1cc(C2OC=CO2)c(OCc2ccccc2)cc1C. The number of rotatable bonds is 5. The summed E-state index contributed by atoms with van der Waals surface area (Å²) in [6.07, 6.45) is 2.28. The molecule has 1 aliphatic heterocycles. The molecule has 0 unspecified atom stereocenters. The minimum Gasteiger partial charge on any atom is -0.488 e. The van der Waals surface area contributed by atoms with Crippen molar-refractivity contribution >= 4 is 5.97 Å². The van der Waals surface area contributed by atoms with Gasteiger partial charge in [0.2, 0.25) is 0 Å². The zero-order chi connectivity index (χ0) is 16.9. The number of aryl methyl sites for hydroxylation is 1. The second-order valence-electron chi connectivity index (χ2n) is 5.35. The molecule has 2 aromatic carbocycles. The van der Waals surface area contributed by atoms with E-state index in [9.17, 15) is 4.79 Å². The van der Waals surface area contributed by atoms with Crippen LogP contribution in [-0.4, -0.2) is 13.1 Å². The van der Waals surface area contributed by atoms with Gasteiger partial charge in [-0.2, -0.15) is 0 Å². The van der Waals surface area contributed by atoms with Crippen LogP contribution in [0.15, 0.2) is 55.0 Å². The third-order valence-corrected chi connectivity index (χ3v) is 3.71. The maximum Gasteiger partial charge on any atom is 0.338 e. The minimum atomic E-state index is -0.639. The van der Waals surface area contributed by atoms with Crippen molar-refractivity contribution in [2.24, 2.45) is 0 Å². The van der Waals surface area contributed by atoms with E-state index in [0.717, 1.165) is 11.1 Å². The predicted octanol–water partition coefficient (Wildman–Crippen LogP) is 3.88. The highest BCUT2D eigenvalue weighted by atomic mass is 16.7. The van der Waals surface area contributed by atoms with Crippen LogP contribution in [0.25, 0.3) is 0 Å². The van der Waals surface area contributed by atoms with Crippen LogP contribution in [0.4, 0.5) is 0 Å². The quantitative estimate of drug-likeness (QED) is 0.781. The van der Waals surface area contributed by atoms with E-state index in [1.807, 2.05) is 37.3 Å². The van der Waals surface area contributed by atoms with Crippen molar-refractivity contribution in [1.82, 2.24) is 0 Å². The Kier molecular flexibility index (Phi) is 4.70. The maximum absolute atomic E-state index is 11.9. The summed E-state index contributed by atoms with van der Waals surface area (Å²) in [7, 11) is 1.35. The molecular weight excluding hydrogens is 308 g/mol. The first-order chi connectivity index (χ1) is 11.7. The van der Waals surface area contributed by atoms with Gasteiger partial charge < -0.3 is 18.9 Å². The van der Waals surface area contributed by atoms with Gasteiger partial charge in [-0.1, -0.05) is 30.3 Å². The van der Waals surface area contributed by atoms with Crippen LogP contribution < -0.4 is 4.74 Å². The second-order valence-corrected chi connectivity index (χ2v) is 5.35. The Balaban J connectivity index is 1.91. The van der Waals surface area contributed by atoms with E-state index in [0.29, 0.717) is 23.5 Å². The van der Waals surface area contributed by atoms with Gasteiger partial charge in [-0.25, -0.2) is 4.79 Å². The van der Waals surface area contributed by atoms with Crippen LogP contribution in [0.2, 0.25) is 0 Å². The highest BCUT2D eigenvalue weighted by Crippen LogP contribution is 2.34. The molecule has 0 atom stereocenters. The Morgan fingerprint density at radius 2 is 1.83 bits per heavy atom. The van der Waals surface area contributed by atoms with E-state index >= 15 is 0 Å². The average Bonchev–Trinajstić information content (AvgIpc) is 3.14. The van der Waals surface area contributed by atoms with Crippen LogP contribution in [0.3, 0.4) is 0 Å². The van der Waals surface area contributed by atoms with E-state index in [1.165, 1.54) is 19.6 Å². The summed E-state index contributed by atoms with van der Waals surface area (Å²) in [6.45, 7) is 2.24. The Morgan fingerprint density at radius 1 is 1.12 bits per heavy atom. The Bertz CT molecular complexity index is 744. The molecule has 0 amide bonds. The van der Waals surface area contributed by atoms with E-state index in [-0.39, 0.29) is 0 Å². The minimum absolute atomic E-state index is 0.408. The number of carbonyl (C=O) groups excluding carboxylic acids is 1. The van der Waals surface area contributed by atoms with Gasteiger partial charge in [0.15, 0.2) is 0 Å². The van der Waals surface area contributed by atoms with Crippen molar-refractivity contribution in [3.63, 3.8) is 0 Å². The molecule has 0 N–H and O–H groups in total. The summed E-state index contributed by atoms with van der Waals surface area (Å²) in [5.74, 6) is 0.201. The lowest BCUT2D eigenvalue weighted by atomic mass is 10.0. The number of hydrogen-bond acceptors (Lipinski definition) is 5. The van der Waals surface area contributed by atoms with Gasteiger partial charge in [0.25, 0.3) is 6.29 Å². The second kappa shape index (κ2) is 7.08. The first kappa shape index (κ1) is 15.9. The fraction of sp³-hybridized carbons (Fsp3) is 0.211. The van der Waals surface area contributed by atoms with Crippen LogP contribution >= 0.6 is 0 Å². The van der Waals surface area contributed by atoms with Crippen molar-refractivity contribution in [1.29, 1.82) is 0 Å². The van der Waals surface area contributed by atoms with E-state index in [1.54, 1.807) is 12.1 Å². The smallest absolute Gasteiger partial charge is 0.338 e. The zero-order valence-corrected chi connectivity index (χ0v) is 13.5. The first-order valence-corrected chi connectivity index (χ1v) is 7.54. The summed E-state index contributed by atoms with van der Waals surface area (Å²) < 4.78 is 21.6. The number of benzene rings is 2. The Hall–Kier alpha value is -2.95. The van der Waals surface area contributed by atoms with Gasteiger partial charge in [0, 0.05) is 0 Å². The number of ether oxygens (including phenoxy) is 4.